The first kappa shape index (κ1) is 13.3. The number of nitriles is 1. The van der Waals surface area contributed by atoms with E-state index < -0.39 is 6.67 Å². The summed E-state index contributed by atoms with van der Waals surface area (Å²) in [5.74, 6) is -0.267. The predicted octanol–water partition coefficient (Wildman–Crippen LogP) is 1.88. The van der Waals surface area contributed by atoms with Crippen LogP contribution in [0, 0.1) is 17.3 Å². The molecule has 0 bridgehead atoms. The van der Waals surface area contributed by atoms with Crippen molar-refractivity contribution in [1.82, 2.24) is 4.90 Å². The number of halogens is 2. The molecule has 0 spiro atoms. The Bertz CT molecular complexity index is 536. The van der Waals surface area contributed by atoms with E-state index in [-0.39, 0.29) is 24.4 Å². The number of fused-ring (bicyclic) bond motifs is 1. The van der Waals surface area contributed by atoms with Gasteiger partial charge in [-0.25, -0.2) is 18.7 Å². The van der Waals surface area contributed by atoms with E-state index in [0.29, 0.717) is 18.4 Å². The number of benzene rings is 1. The standard InChI is InChI=1S/C13H14F2N4/c14-6-7-19(8-16)13(17)18-12-5-4-9-10(12)2-1-3-11(9)15/h1-3,12H,4-7H2,(H2,17,18). The fourth-order valence-corrected chi connectivity index (χ4v) is 2.25. The molecule has 1 aromatic carbocycles. The number of rotatable bonds is 3. The smallest absolute Gasteiger partial charge is 0.205 e. The summed E-state index contributed by atoms with van der Waals surface area (Å²) >= 11 is 0. The van der Waals surface area contributed by atoms with Gasteiger partial charge in [0.15, 0.2) is 6.19 Å². The van der Waals surface area contributed by atoms with Gasteiger partial charge in [-0.2, -0.15) is 5.26 Å². The fourth-order valence-electron chi connectivity index (χ4n) is 2.25. The molecule has 2 N–H and O–H groups in total. The summed E-state index contributed by atoms with van der Waals surface area (Å²) in [6, 6.07) is 4.58. The van der Waals surface area contributed by atoms with Crippen LogP contribution in [0.25, 0.3) is 0 Å². The van der Waals surface area contributed by atoms with Gasteiger partial charge in [0.1, 0.15) is 12.5 Å². The number of guanidine groups is 1. The average Bonchev–Trinajstić information content (AvgIpc) is 2.80. The summed E-state index contributed by atoms with van der Waals surface area (Å²) in [6.07, 6.45) is 3.02. The monoisotopic (exact) mass is 264 g/mol. The van der Waals surface area contributed by atoms with E-state index in [1.807, 2.05) is 0 Å². The Morgan fingerprint density at radius 3 is 3.05 bits per heavy atom. The highest BCUT2D eigenvalue weighted by atomic mass is 19.1. The zero-order valence-corrected chi connectivity index (χ0v) is 10.3. The third-order valence-electron chi connectivity index (χ3n) is 3.18. The van der Waals surface area contributed by atoms with Gasteiger partial charge in [0.05, 0.1) is 12.6 Å². The number of alkyl halides is 1. The molecule has 0 amide bonds. The van der Waals surface area contributed by atoms with Crippen LogP contribution in [-0.4, -0.2) is 24.1 Å². The van der Waals surface area contributed by atoms with Crippen molar-refractivity contribution in [2.45, 2.75) is 18.9 Å². The SMILES string of the molecule is N#CN(CCF)C(N)=NC1CCc2c(F)cccc21. The predicted molar refractivity (Wildman–Crippen MR) is 67.4 cm³/mol. The quantitative estimate of drug-likeness (QED) is 0.392. The van der Waals surface area contributed by atoms with E-state index in [1.165, 1.54) is 6.07 Å². The summed E-state index contributed by atoms with van der Waals surface area (Å²) in [5.41, 5.74) is 7.13. The number of hydrogen-bond acceptors (Lipinski definition) is 2. The van der Waals surface area contributed by atoms with Crippen molar-refractivity contribution >= 4 is 5.96 Å². The molecule has 0 saturated carbocycles. The van der Waals surface area contributed by atoms with Gasteiger partial charge in [-0.1, -0.05) is 12.1 Å². The van der Waals surface area contributed by atoms with Gasteiger partial charge < -0.3 is 5.73 Å². The number of nitrogens with two attached hydrogens (primary N) is 1. The van der Waals surface area contributed by atoms with Gasteiger partial charge >= 0.3 is 0 Å². The molecular formula is C13H14F2N4. The normalized spacial score (nSPS) is 17.9. The zero-order chi connectivity index (χ0) is 13.8. The second kappa shape index (κ2) is 5.65. The summed E-state index contributed by atoms with van der Waals surface area (Å²) < 4.78 is 25.8. The molecule has 2 rings (SSSR count). The highest BCUT2D eigenvalue weighted by molar-refractivity contribution is 5.80. The molecule has 0 saturated heterocycles. The zero-order valence-electron chi connectivity index (χ0n) is 10.3. The molecule has 1 unspecified atom stereocenters. The molecule has 0 aliphatic heterocycles. The average molecular weight is 264 g/mol. The van der Waals surface area contributed by atoms with E-state index >= 15 is 0 Å². The van der Waals surface area contributed by atoms with Crippen LogP contribution in [0.5, 0.6) is 0 Å². The molecule has 0 fully saturated rings. The van der Waals surface area contributed by atoms with Gasteiger partial charge in [-0.15, -0.1) is 0 Å². The molecular weight excluding hydrogens is 250 g/mol. The van der Waals surface area contributed by atoms with Crippen molar-refractivity contribution in [3.63, 3.8) is 0 Å². The lowest BCUT2D eigenvalue weighted by molar-refractivity contribution is 0.420. The van der Waals surface area contributed by atoms with Crippen LogP contribution < -0.4 is 5.73 Å². The Morgan fingerprint density at radius 1 is 1.58 bits per heavy atom. The topological polar surface area (TPSA) is 65.4 Å². The second-order valence-electron chi connectivity index (χ2n) is 4.29. The van der Waals surface area contributed by atoms with Gasteiger partial charge in [0.2, 0.25) is 5.96 Å². The van der Waals surface area contributed by atoms with E-state index in [4.69, 9.17) is 11.0 Å². The van der Waals surface area contributed by atoms with Gasteiger partial charge in [-0.05, 0) is 30.0 Å². The van der Waals surface area contributed by atoms with Crippen molar-refractivity contribution in [2.75, 3.05) is 13.2 Å². The molecule has 4 nitrogen and oxygen atoms in total. The Morgan fingerprint density at radius 2 is 2.37 bits per heavy atom. The Labute approximate surface area is 110 Å². The van der Waals surface area contributed by atoms with E-state index in [9.17, 15) is 8.78 Å². The van der Waals surface area contributed by atoms with Crippen LogP contribution in [0.4, 0.5) is 8.78 Å². The second-order valence-corrected chi connectivity index (χ2v) is 4.29. The summed E-state index contributed by atoms with van der Waals surface area (Å²) in [6.45, 7) is -0.797. The maximum absolute atomic E-state index is 13.6. The first-order valence-electron chi connectivity index (χ1n) is 6.01. The Balaban J connectivity index is 2.23. The number of aliphatic imine (C=N–C) groups is 1. The van der Waals surface area contributed by atoms with E-state index in [1.54, 1.807) is 18.3 Å². The Hall–Kier alpha value is -2.16. The summed E-state index contributed by atoms with van der Waals surface area (Å²) in [5, 5.41) is 8.83. The number of nitrogens with zero attached hydrogens (tertiary/aromatic N) is 3. The van der Waals surface area contributed by atoms with Crippen molar-refractivity contribution < 1.29 is 8.78 Å². The van der Waals surface area contributed by atoms with Crippen LogP contribution in [0.1, 0.15) is 23.6 Å². The lowest BCUT2D eigenvalue weighted by Crippen LogP contribution is -2.35. The molecule has 1 aliphatic carbocycles. The van der Waals surface area contributed by atoms with Crippen molar-refractivity contribution in [1.29, 1.82) is 5.26 Å². The maximum Gasteiger partial charge on any atom is 0.205 e. The molecule has 19 heavy (non-hydrogen) atoms. The summed E-state index contributed by atoms with van der Waals surface area (Å²) in [7, 11) is 0. The van der Waals surface area contributed by atoms with Crippen LogP contribution in [0.2, 0.25) is 0 Å². The van der Waals surface area contributed by atoms with E-state index in [0.717, 1.165) is 10.5 Å². The Kier molecular flexibility index (Phi) is 3.95. The fraction of sp³-hybridized carbons (Fsp3) is 0.385. The lowest BCUT2D eigenvalue weighted by atomic mass is 10.1. The van der Waals surface area contributed by atoms with E-state index in [2.05, 4.69) is 4.99 Å². The van der Waals surface area contributed by atoms with Crippen LogP contribution in [-0.2, 0) is 6.42 Å². The minimum Gasteiger partial charge on any atom is -0.369 e. The van der Waals surface area contributed by atoms with Gasteiger partial charge in [0, 0.05) is 0 Å². The van der Waals surface area contributed by atoms with Crippen LogP contribution in [0.3, 0.4) is 0 Å². The molecule has 1 atom stereocenters. The third-order valence-corrected chi connectivity index (χ3v) is 3.18. The minimum absolute atomic E-state index is 0.0257. The molecule has 1 aromatic rings. The molecule has 0 heterocycles. The van der Waals surface area contributed by atoms with Crippen molar-refractivity contribution in [3.05, 3.63) is 35.1 Å². The van der Waals surface area contributed by atoms with Crippen molar-refractivity contribution in [2.24, 2.45) is 10.7 Å². The van der Waals surface area contributed by atoms with Crippen LogP contribution in [0.15, 0.2) is 23.2 Å². The largest absolute Gasteiger partial charge is 0.369 e. The molecule has 0 radical (unpaired) electrons. The minimum atomic E-state index is -0.681. The first-order valence-corrected chi connectivity index (χ1v) is 6.01. The maximum atomic E-state index is 13.6. The van der Waals surface area contributed by atoms with Crippen molar-refractivity contribution in [3.8, 4) is 6.19 Å². The summed E-state index contributed by atoms with van der Waals surface area (Å²) in [4.78, 5) is 5.21. The number of hydrogen-bond donors (Lipinski definition) is 1. The highest BCUT2D eigenvalue weighted by Crippen LogP contribution is 2.35. The first-order chi connectivity index (χ1) is 9.17. The third kappa shape index (κ3) is 2.65. The highest BCUT2D eigenvalue weighted by Gasteiger charge is 2.25. The molecule has 0 aromatic heterocycles. The van der Waals surface area contributed by atoms with Gasteiger partial charge in [0.25, 0.3) is 0 Å². The van der Waals surface area contributed by atoms with Crippen LogP contribution >= 0.6 is 0 Å². The van der Waals surface area contributed by atoms with Gasteiger partial charge in [-0.3, -0.25) is 0 Å². The lowest BCUT2D eigenvalue weighted by Gasteiger charge is -2.14. The molecule has 100 valence electrons. The molecule has 1 aliphatic rings. The molecule has 6 heteroatoms.